The van der Waals surface area contributed by atoms with Crippen LogP contribution in [0.2, 0.25) is 0 Å². The molecule has 8 heteroatoms. The van der Waals surface area contributed by atoms with E-state index in [1.807, 2.05) is 6.92 Å². The van der Waals surface area contributed by atoms with Gasteiger partial charge in [-0.3, -0.25) is 9.69 Å². The van der Waals surface area contributed by atoms with E-state index in [-0.39, 0.29) is 22.6 Å². The first-order chi connectivity index (χ1) is 12.4. The molecule has 1 amide bonds. The lowest BCUT2D eigenvalue weighted by molar-refractivity contribution is -0.117. The van der Waals surface area contributed by atoms with E-state index < -0.39 is 10.0 Å². The van der Waals surface area contributed by atoms with E-state index in [1.54, 1.807) is 17.0 Å². The Kier molecular flexibility index (Phi) is 5.84. The first kappa shape index (κ1) is 19.1. The summed E-state index contributed by atoms with van der Waals surface area (Å²) in [5.74, 6) is 0.302. The molecule has 0 bridgehead atoms. The number of anilines is 1. The van der Waals surface area contributed by atoms with Crippen molar-refractivity contribution in [1.82, 2.24) is 9.62 Å². The molecule has 1 aromatic carbocycles. The van der Waals surface area contributed by atoms with Crippen LogP contribution in [0.4, 0.5) is 5.69 Å². The van der Waals surface area contributed by atoms with Gasteiger partial charge in [-0.25, -0.2) is 13.1 Å². The highest BCUT2D eigenvalue weighted by Gasteiger charge is 2.27. The SMILES string of the molecule is COc1ccc(N2CCCC2=O)cc1S(=O)(=O)NCC(C)N1CCCC1. The summed E-state index contributed by atoms with van der Waals surface area (Å²) < 4.78 is 33.7. The van der Waals surface area contributed by atoms with E-state index in [0.717, 1.165) is 32.4 Å². The van der Waals surface area contributed by atoms with Crippen LogP contribution in [-0.2, 0) is 14.8 Å². The number of carbonyl (C=O) groups excluding carboxylic acids is 1. The molecule has 1 aromatic rings. The van der Waals surface area contributed by atoms with Gasteiger partial charge in [0.05, 0.1) is 7.11 Å². The first-order valence-corrected chi connectivity index (χ1v) is 10.6. The number of methoxy groups -OCH3 is 1. The Labute approximate surface area is 155 Å². The minimum Gasteiger partial charge on any atom is -0.495 e. The number of sulfonamides is 1. The molecule has 0 aromatic heterocycles. The summed E-state index contributed by atoms with van der Waals surface area (Å²) in [4.78, 5) is 16.0. The highest BCUT2D eigenvalue weighted by atomic mass is 32.2. The molecule has 7 nitrogen and oxygen atoms in total. The minimum absolute atomic E-state index is 0.0223. The Bertz CT molecular complexity index is 760. The molecule has 2 fully saturated rings. The lowest BCUT2D eigenvalue weighted by Gasteiger charge is -2.24. The molecule has 144 valence electrons. The van der Waals surface area contributed by atoms with Gasteiger partial charge >= 0.3 is 0 Å². The lowest BCUT2D eigenvalue weighted by atomic mass is 10.3. The molecule has 0 aliphatic carbocycles. The summed E-state index contributed by atoms with van der Waals surface area (Å²) in [6.45, 7) is 5.02. The number of hydrogen-bond acceptors (Lipinski definition) is 5. The molecular formula is C18H27N3O4S. The van der Waals surface area contributed by atoms with Crippen molar-refractivity contribution in [1.29, 1.82) is 0 Å². The molecule has 2 aliphatic heterocycles. The highest BCUT2D eigenvalue weighted by Crippen LogP contribution is 2.30. The molecule has 0 radical (unpaired) electrons. The number of likely N-dealkylation sites (tertiary alicyclic amines) is 1. The molecular weight excluding hydrogens is 354 g/mol. The predicted octanol–water partition coefficient (Wildman–Crippen LogP) is 1.58. The number of hydrogen-bond donors (Lipinski definition) is 1. The largest absolute Gasteiger partial charge is 0.495 e. The Morgan fingerprint density at radius 1 is 1.19 bits per heavy atom. The summed E-state index contributed by atoms with van der Waals surface area (Å²) in [6, 6.07) is 5.01. The van der Waals surface area contributed by atoms with E-state index >= 15 is 0 Å². The van der Waals surface area contributed by atoms with Gasteiger partial charge in [-0.15, -0.1) is 0 Å². The molecule has 2 aliphatic rings. The van der Waals surface area contributed by atoms with Gasteiger partial charge in [0, 0.05) is 31.2 Å². The van der Waals surface area contributed by atoms with Gasteiger partial charge in [0.25, 0.3) is 0 Å². The average molecular weight is 381 g/mol. The second kappa shape index (κ2) is 7.94. The minimum atomic E-state index is -3.74. The summed E-state index contributed by atoms with van der Waals surface area (Å²) in [7, 11) is -2.29. The molecule has 1 unspecified atom stereocenters. The Morgan fingerprint density at radius 2 is 1.92 bits per heavy atom. The summed E-state index contributed by atoms with van der Waals surface area (Å²) >= 11 is 0. The van der Waals surface area contributed by atoms with Crippen molar-refractivity contribution >= 4 is 21.6 Å². The molecule has 26 heavy (non-hydrogen) atoms. The van der Waals surface area contributed by atoms with Crippen LogP contribution in [0.5, 0.6) is 5.75 Å². The van der Waals surface area contributed by atoms with Crippen LogP contribution in [0.3, 0.4) is 0 Å². The maximum absolute atomic E-state index is 12.9. The van der Waals surface area contributed by atoms with Crippen molar-refractivity contribution in [2.75, 3.05) is 38.2 Å². The topological polar surface area (TPSA) is 78.9 Å². The van der Waals surface area contributed by atoms with Crippen LogP contribution in [0, 0.1) is 0 Å². The van der Waals surface area contributed by atoms with Crippen molar-refractivity contribution < 1.29 is 17.9 Å². The van der Waals surface area contributed by atoms with Crippen LogP contribution in [0.25, 0.3) is 0 Å². The maximum Gasteiger partial charge on any atom is 0.244 e. The zero-order chi connectivity index (χ0) is 18.7. The summed E-state index contributed by atoms with van der Waals surface area (Å²) in [5.41, 5.74) is 0.598. The lowest BCUT2D eigenvalue weighted by Crippen LogP contribution is -2.40. The summed E-state index contributed by atoms with van der Waals surface area (Å²) in [6.07, 6.45) is 3.62. The van der Waals surface area contributed by atoms with Crippen molar-refractivity contribution in [2.24, 2.45) is 0 Å². The number of nitrogens with one attached hydrogen (secondary N) is 1. The highest BCUT2D eigenvalue weighted by molar-refractivity contribution is 7.89. The van der Waals surface area contributed by atoms with Gasteiger partial charge in [0.1, 0.15) is 10.6 Å². The number of amides is 1. The van der Waals surface area contributed by atoms with Crippen LogP contribution in [0.15, 0.2) is 23.1 Å². The van der Waals surface area contributed by atoms with E-state index in [4.69, 9.17) is 4.74 Å². The van der Waals surface area contributed by atoms with E-state index in [1.165, 1.54) is 13.2 Å². The number of ether oxygens (including phenoxy) is 1. The quantitative estimate of drug-likeness (QED) is 0.776. The zero-order valence-corrected chi connectivity index (χ0v) is 16.2. The third-order valence-electron chi connectivity index (χ3n) is 5.15. The predicted molar refractivity (Wildman–Crippen MR) is 100 cm³/mol. The second-order valence-electron chi connectivity index (χ2n) is 6.93. The Morgan fingerprint density at radius 3 is 2.54 bits per heavy atom. The van der Waals surface area contributed by atoms with Crippen LogP contribution in [0.1, 0.15) is 32.6 Å². The van der Waals surface area contributed by atoms with E-state index in [2.05, 4.69) is 9.62 Å². The number of nitrogens with zero attached hydrogens (tertiary/aromatic N) is 2. The normalized spacial score (nSPS) is 19.9. The standard InChI is InChI=1S/C18H27N3O4S/c1-14(20-9-3-4-10-20)13-19-26(23,24)17-12-15(7-8-16(17)25-2)21-11-5-6-18(21)22/h7-8,12,14,19H,3-6,9-11,13H2,1-2H3. The van der Waals surface area contributed by atoms with Gasteiger partial charge in [-0.2, -0.15) is 0 Å². The molecule has 2 saturated heterocycles. The van der Waals surface area contributed by atoms with Gasteiger partial charge in [-0.05, 0) is 57.5 Å². The average Bonchev–Trinajstić information content (AvgIpc) is 3.31. The van der Waals surface area contributed by atoms with Crippen molar-refractivity contribution in [3.63, 3.8) is 0 Å². The number of carbonyl (C=O) groups is 1. The second-order valence-corrected chi connectivity index (χ2v) is 8.66. The van der Waals surface area contributed by atoms with Gasteiger partial charge in [0.15, 0.2) is 0 Å². The van der Waals surface area contributed by atoms with E-state index in [0.29, 0.717) is 25.2 Å². The van der Waals surface area contributed by atoms with Gasteiger partial charge in [0.2, 0.25) is 15.9 Å². The summed E-state index contributed by atoms with van der Waals surface area (Å²) in [5, 5.41) is 0. The van der Waals surface area contributed by atoms with Gasteiger partial charge < -0.3 is 9.64 Å². The third kappa shape index (κ3) is 4.02. The third-order valence-corrected chi connectivity index (χ3v) is 6.60. The molecule has 2 heterocycles. The zero-order valence-electron chi connectivity index (χ0n) is 15.4. The maximum atomic E-state index is 12.9. The van der Waals surface area contributed by atoms with Crippen LogP contribution in [-0.4, -0.2) is 58.6 Å². The van der Waals surface area contributed by atoms with Gasteiger partial charge in [-0.1, -0.05) is 0 Å². The smallest absolute Gasteiger partial charge is 0.244 e. The molecule has 0 saturated carbocycles. The molecule has 0 spiro atoms. The molecule has 1 atom stereocenters. The fourth-order valence-corrected chi connectivity index (χ4v) is 4.89. The van der Waals surface area contributed by atoms with E-state index in [9.17, 15) is 13.2 Å². The Balaban J connectivity index is 1.79. The monoisotopic (exact) mass is 381 g/mol. The van der Waals surface area contributed by atoms with Crippen molar-refractivity contribution in [2.45, 2.75) is 43.5 Å². The fourth-order valence-electron chi connectivity index (χ4n) is 3.58. The van der Waals surface area contributed by atoms with Crippen molar-refractivity contribution in [3.8, 4) is 5.75 Å². The molecule has 3 rings (SSSR count). The fraction of sp³-hybridized carbons (Fsp3) is 0.611. The first-order valence-electron chi connectivity index (χ1n) is 9.14. The number of rotatable bonds is 7. The van der Waals surface area contributed by atoms with Crippen LogP contribution >= 0.6 is 0 Å². The number of benzene rings is 1. The molecule has 1 N–H and O–H groups in total. The Hall–Kier alpha value is -1.64. The van der Waals surface area contributed by atoms with Crippen molar-refractivity contribution in [3.05, 3.63) is 18.2 Å². The van der Waals surface area contributed by atoms with Crippen LogP contribution < -0.4 is 14.4 Å².